The molecule has 1 amide bonds. The first-order chi connectivity index (χ1) is 18.3. The number of esters is 1. The SMILES string of the molecule is CC(C)OCCCCCCNC(=O)c1ccc2c(c1)C1(OC2=O)c2ccc(O)cc2Oc2cc(O)ccc21. The highest BCUT2D eigenvalue weighted by atomic mass is 16.6. The van der Waals surface area contributed by atoms with Gasteiger partial charge in [0.15, 0.2) is 5.60 Å². The smallest absolute Gasteiger partial charge is 0.340 e. The maximum atomic E-state index is 13.1. The third kappa shape index (κ3) is 4.67. The Morgan fingerprint density at radius 3 is 2.21 bits per heavy atom. The summed E-state index contributed by atoms with van der Waals surface area (Å²) < 4.78 is 17.6. The van der Waals surface area contributed by atoms with Crippen LogP contribution in [0.5, 0.6) is 23.0 Å². The molecule has 198 valence electrons. The van der Waals surface area contributed by atoms with Crippen molar-refractivity contribution >= 4 is 11.9 Å². The highest BCUT2D eigenvalue weighted by molar-refractivity contribution is 6.00. The average Bonchev–Trinajstić information content (AvgIpc) is 3.17. The number of unbranched alkanes of at least 4 members (excludes halogenated alkanes) is 3. The molecule has 0 radical (unpaired) electrons. The summed E-state index contributed by atoms with van der Waals surface area (Å²) in [6.45, 7) is 5.33. The second kappa shape index (κ2) is 10.4. The third-order valence-corrected chi connectivity index (χ3v) is 6.84. The Kier molecular flexibility index (Phi) is 6.99. The topological polar surface area (TPSA) is 114 Å². The van der Waals surface area contributed by atoms with E-state index in [2.05, 4.69) is 5.32 Å². The average molecular weight is 518 g/mol. The van der Waals surface area contributed by atoms with Crippen LogP contribution >= 0.6 is 0 Å². The van der Waals surface area contributed by atoms with Gasteiger partial charge in [0.05, 0.1) is 11.7 Å². The number of hydrogen-bond donors (Lipinski definition) is 3. The van der Waals surface area contributed by atoms with Gasteiger partial charge in [-0.25, -0.2) is 4.79 Å². The standard InChI is InChI=1S/C30H31NO7/c1-18(2)36-14-6-4-3-5-13-31-28(34)19-7-10-22-25(15-19)30(38-29(22)35)23-11-8-20(32)16-26(23)37-27-17-21(33)9-12-24(27)30/h7-12,15-18,32-33H,3-6,13-14H2,1-2H3,(H,31,34). The van der Waals surface area contributed by atoms with E-state index in [1.54, 1.807) is 30.3 Å². The quantitative estimate of drug-likeness (QED) is 0.258. The summed E-state index contributed by atoms with van der Waals surface area (Å²) in [5, 5.41) is 23.1. The fraction of sp³-hybridized carbons (Fsp3) is 0.333. The number of phenolic OH excluding ortho intramolecular Hbond substituents is 2. The summed E-state index contributed by atoms with van der Waals surface area (Å²) in [5.41, 5.74) is 0.871. The molecule has 2 heterocycles. The molecule has 1 spiro atoms. The van der Waals surface area contributed by atoms with Gasteiger partial charge in [-0.15, -0.1) is 0 Å². The van der Waals surface area contributed by atoms with Crippen LogP contribution in [-0.2, 0) is 15.1 Å². The van der Waals surface area contributed by atoms with E-state index in [0.29, 0.717) is 34.4 Å². The molecule has 5 rings (SSSR count). The first-order valence-corrected chi connectivity index (χ1v) is 12.9. The lowest BCUT2D eigenvalue weighted by Gasteiger charge is -2.36. The van der Waals surface area contributed by atoms with E-state index in [1.165, 1.54) is 24.3 Å². The third-order valence-electron chi connectivity index (χ3n) is 6.84. The van der Waals surface area contributed by atoms with Gasteiger partial charge in [-0.3, -0.25) is 4.79 Å². The number of carbonyl (C=O) groups is 2. The first kappa shape index (κ1) is 25.6. The number of nitrogens with one attached hydrogen (secondary N) is 1. The molecule has 8 nitrogen and oxygen atoms in total. The van der Waals surface area contributed by atoms with Gasteiger partial charge in [0.25, 0.3) is 5.91 Å². The van der Waals surface area contributed by atoms with Crippen LogP contribution in [0.1, 0.15) is 76.9 Å². The van der Waals surface area contributed by atoms with E-state index in [4.69, 9.17) is 14.2 Å². The molecular weight excluding hydrogens is 486 g/mol. The largest absolute Gasteiger partial charge is 0.508 e. The van der Waals surface area contributed by atoms with Crippen LogP contribution in [0.15, 0.2) is 54.6 Å². The molecule has 0 aromatic heterocycles. The van der Waals surface area contributed by atoms with Crippen molar-refractivity contribution in [2.45, 2.75) is 51.2 Å². The molecule has 3 N–H and O–H groups in total. The fourth-order valence-electron chi connectivity index (χ4n) is 5.04. The Morgan fingerprint density at radius 1 is 0.895 bits per heavy atom. The van der Waals surface area contributed by atoms with Crippen LogP contribution < -0.4 is 10.1 Å². The maximum absolute atomic E-state index is 13.1. The van der Waals surface area contributed by atoms with E-state index in [-0.39, 0.29) is 35.0 Å². The zero-order valence-electron chi connectivity index (χ0n) is 21.5. The Hall–Kier alpha value is -4.04. The molecular formula is C30H31NO7. The van der Waals surface area contributed by atoms with Gasteiger partial charge in [0.2, 0.25) is 0 Å². The molecule has 0 fully saturated rings. The summed E-state index contributed by atoms with van der Waals surface area (Å²) in [5.74, 6) is -0.238. The number of benzene rings is 3. The number of phenols is 2. The van der Waals surface area contributed by atoms with Crippen molar-refractivity contribution in [3.8, 4) is 23.0 Å². The number of ether oxygens (including phenoxy) is 3. The molecule has 0 atom stereocenters. The van der Waals surface area contributed by atoms with Crippen molar-refractivity contribution in [1.82, 2.24) is 5.32 Å². The highest BCUT2D eigenvalue weighted by Gasteiger charge is 2.53. The maximum Gasteiger partial charge on any atom is 0.340 e. The van der Waals surface area contributed by atoms with Crippen molar-refractivity contribution in [3.05, 3.63) is 82.4 Å². The second-order valence-electron chi connectivity index (χ2n) is 9.88. The molecule has 2 aliphatic rings. The minimum Gasteiger partial charge on any atom is -0.508 e. The predicted octanol–water partition coefficient (Wildman–Crippen LogP) is 5.38. The van der Waals surface area contributed by atoms with E-state index < -0.39 is 11.6 Å². The Labute approximate surface area is 221 Å². The van der Waals surface area contributed by atoms with Crippen LogP contribution in [0.2, 0.25) is 0 Å². The lowest BCUT2D eigenvalue weighted by Crippen LogP contribution is -2.33. The fourth-order valence-corrected chi connectivity index (χ4v) is 5.04. The normalized spacial score (nSPS) is 14.4. The Morgan fingerprint density at radius 2 is 1.55 bits per heavy atom. The minimum absolute atomic E-state index is 0.0207. The van der Waals surface area contributed by atoms with Crippen molar-refractivity contribution in [2.24, 2.45) is 0 Å². The zero-order chi connectivity index (χ0) is 26.9. The van der Waals surface area contributed by atoms with E-state index >= 15 is 0 Å². The van der Waals surface area contributed by atoms with Gasteiger partial charge in [0, 0.05) is 47.5 Å². The lowest BCUT2D eigenvalue weighted by atomic mass is 9.77. The van der Waals surface area contributed by atoms with Crippen molar-refractivity contribution < 1.29 is 34.0 Å². The van der Waals surface area contributed by atoms with Crippen molar-refractivity contribution in [2.75, 3.05) is 13.2 Å². The summed E-state index contributed by atoms with van der Waals surface area (Å²) in [6.07, 6.45) is 4.12. The second-order valence-corrected chi connectivity index (χ2v) is 9.88. The Balaban J connectivity index is 1.40. The number of rotatable bonds is 9. The van der Waals surface area contributed by atoms with Gasteiger partial charge in [-0.05, 0) is 69.2 Å². The summed E-state index contributed by atoms with van der Waals surface area (Å²) >= 11 is 0. The minimum atomic E-state index is -1.40. The van der Waals surface area contributed by atoms with Crippen LogP contribution in [0.25, 0.3) is 0 Å². The van der Waals surface area contributed by atoms with E-state index in [0.717, 1.165) is 32.3 Å². The Bertz CT molecular complexity index is 1330. The summed E-state index contributed by atoms with van der Waals surface area (Å²) in [6, 6.07) is 14.0. The summed E-state index contributed by atoms with van der Waals surface area (Å²) in [4.78, 5) is 26.1. The number of amides is 1. The van der Waals surface area contributed by atoms with Crippen LogP contribution in [0.4, 0.5) is 0 Å². The molecule has 0 bridgehead atoms. The van der Waals surface area contributed by atoms with Gasteiger partial charge in [-0.2, -0.15) is 0 Å². The molecule has 0 saturated heterocycles. The number of aromatic hydroxyl groups is 2. The van der Waals surface area contributed by atoms with Gasteiger partial charge < -0.3 is 29.7 Å². The van der Waals surface area contributed by atoms with Gasteiger partial charge in [-0.1, -0.05) is 12.8 Å². The zero-order valence-corrected chi connectivity index (χ0v) is 21.5. The first-order valence-electron chi connectivity index (χ1n) is 12.9. The number of hydrogen-bond acceptors (Lipinski definition) is 7. The molecule has 8 heteroatoms. The van der Waals surface area contributed by atoms with Crippen LogP contribution in [0.3, 0.4) is 0 Å². The van der Waals surface area contributed by atoms with Crippen LogP contribution in [0, 0.1) is 0 Å². The predicted molar refractivity (Wildman–Crippen MR) is 140 cm³/mol. The number of carbonyl (C=O) groups excluding carboxylic acids is 2. The molecule has 3 aromatic rings. The molecule has 0 saturated carbocycles. The molecule has 0 unspecified atom stereocenters. The lowest BCUT2D eigenvalue weighted by molar-refractivity contribution is 0.0224. The van der Waals surface area contributed by atoms with E-state index in [1.807, 2.05) is 13.8 Å². The van der Waals surface area contributed by atoms with Crippen molar-refractivity contribution in [1.29, 1.82) is 0 Å². The summed E-state index contributed by atoms with van der Waals surface area (Å²) in [7, 11) is 0. The molecule has 3 aromatic carbocycles. The number of fused-ring (bicyclic) bond motifs is 6. The van der Waals surface area contributed by atoms with Gasteiger partial charge >= 0.3 is 5.97 Å². The van der Waals surface area contributed by atoms with Crippen molar-refractivity contribution in [3.63, 3.8) is 0 Å². The molecule has 38 heavy (non-hydrogen) atoms. The van der Waals surface area contributed by atoms with E-state index in [9.17, 15) is 19.8 Å². The highest BCUT2D eigenvalue weighted by Crippen LogP contribution is 2.57. The van der Waals surface area contributed by atoms with Crippen LogP contribution in [-0.4, -0.2) is 41.3 Å². The van der Waals surface area contributed by atoms with Gasteiger partial charge in [0.1, 0.15) is 23.0 Å². The monoisotopic (exact) mass is 517 g/mol. The molecule has 0 aliphatic carbocycles. The molecule has 2 aliphatic heterocycles.